The van der Waals surface area contributed by atoms with Crippen molar-refractivity contribution in [2.24, 2.45) is 0 Å². The van der Waals surface area contributed by atoms with Gasteiger partial charge in [-0.2, -0.15) is 0 Å². The first-order chi connectivity index (χ1) is 13.5. The number of aryl methyl sites for hydroxylation is 1. The van der Waals surface area contributed by atoms with Gasteiger partial charge in [-0.25, -0.2) is 4.98 Å². The van der Waals surface area contributed by atoms with Crippen LogP contribution in [0, 0.1) is 6.92 Å². The van der Waals surface area contributed by atoms with Gasteiger partial charge in [0, 0.05) is 37.7 Å². The third-order valence-electron chi connectivity index (χ3n) is 5.49. The first-order valence-electron chi connectivity index (χ1n) is 9.73. The SMILES string of the molecule is Cc1ccc(Cc2cc(C(=O)N[C@H]3COCC[C@@H]3O)nc3c2CCN3C)cn1. The van der Waals surface area contributed by atoms with Crippen molar-refractivity contribution in [3.8, 4) is 0 Å². The molecule has 0 saturated carbocycles. The number of aliphatic hydroxyl groups is 1. The van der Waals surface area contributed by atoms with Crippen LogP contribution in [0.3, 0.4) is 0 Å². The van der Waals surface area contributed by atoms with Crippen LogP contribution in [0.25, 0.3) is 0 Å². The van der Waals surface area contributed by atoms with Gasteiger partial charge in [-0.1, -0.05) is 6.07 Å². The minimum absolute atomic E-state index is 0.277. The van der Waals surface area contributed by atoms with E-state index in [9.17, 15) is 9.90 Å². The van der Waals surface area contributed by atoms with E-state index < -0.39 is 12.1 Å². The number of pyridine rings is 2. The normalized spacial score (nSPS) is 21.5. The zero-order chi connectivity index (χ0) is 19.7. The predicted molar refractivity (Wildman–Crippen MR) is 106 cm³/mol. The number of anilines is 1. The number of carbonyl (C=O) groups is 1. The van der Waals surface area contributed by atoms with Crippen LogP contribution in [0.2, 0.25) is 0 Å². The van der Waals surface area contributed by atoms with Crippen molar-refractivity contribution >= 4 is 11.7 Å². The third kappa shape index (κ3) is 3.86. The molecule has 1 saturated heterocycles. The second-order valence-corrected chi connectivity index (χ2v) is 7.64. The second kappa shape index (κ2) is 7.85. The van der Waals surface area contributed by atoms with Gasteiger partial charge in [0.2, 0.25) is 0 Å². The Bertz CT molecular complexity index is 869. The Morgan fingerprint density at radius 1 is 1.43 bits per heavy atom. The maximum atomic E-state index is 12.8. The topological polar surface area (TPSA) is 87.6 Å². The first-order valence-corrected chi connectivity index (χ1v) is 9.73. The van der Waals surface area contributed by atoms with Gasteiger partial charge in [0.1, 0.15) is 11.5 Å². The molecule has 4 rings (SSSR count). The van der Waals surface area contributed by atoms with E-state index in [1.165, 1.54) is 5.56 Å². The maximum absolute atomic E-state index is 12.8. The van der Waals surface area contributed by atoms with Crippen LogP contribution in [-0.2, 0) is 17.6 Å². The second-order valence-electron chi connectivity index (χ2n) is 7.64. The van der Waals surface area contributed by atoms with E-state index in [4.69, 9.17) is 4.74 Å². The highest BCUT2D eigenvalue weighted by molar-refractivity contribution is 5.93. The highest BCUT2D eigenvalue weighted by Crippen LogP contribution is 2.30. The van der Waals surface area contributed by atoms with E-state index in [-0.39, 0.29) is 5.91 Å². The summed E-state index contributed by atoms with van der Waals surface area (Å²) in [6.07, 6.45) is 3.45. The van der Waals surface area contributed by atoms with Crippen molar-refractivity contribution in [1.82, 2.24) is 15.3 Å². The summed E-state index contributed by atoms with van der Waals surface area (Å²) in [5.74, 6) is 0.587. The van der Waals surface area contributed by atoms with Crippen LogP contribution in [0.5, 0.6) is 0 Å². The van der Waals surface area contributed by atoms with Crippen molar-refractivity contribution in [1.29, 1.82) is 0 Å². The summed E-state index contributed by atoms with van der Waals surface area (Å²) in [6, 6.07) is 5.55. The molecule has 0 unspecified atom stereocenters. The molecule has 2 atom stereocenters. The zero-order valence-corrected chi connectivity index (χ0v) is 16.3. The van der Waals surface area contributed by atoms with Gasteiger partial charge < -0.3 is 20.1 Å². The first kappa shape index (κ1) is 18.8. The van der Waals surface area contributed by atoms with Gasteiger partial charge in [0.15, 0.2) is 0 Å². The molecule has 28 heavy (non-hydrogen) atoms. The number of fused-ring (bicyclic) bond motifs is 1. The lowest BCUT2D eigenvalue weighted by molar-refractivity contribution is -0.0140. The Kier molecular flexibility index (Phi) is 5.28. The molecule has 2 aliphatic rings. The van der Waals surface area contributed by atoms with Gasteiger partial charge in [-0.3, -0.25) is 9.78 Å². The molecule has 0 bridgehead atoms. The molecule has 2 N–H and O–H groups in total. The Balaban J connectivity index is 1.61. The molecule has 0 aliphatic carbocycles. The number of carbonyl (C=O) groups excluding carboxylic acids is 1. The summed E-state index contributed by atoms with van der Waals surface area (Å²) < 4.78 is 5.38. The Labute approximate surface area is 164 Å². The lowest BCUT2D eigenvalue weighted by Gasteiger charge is -2.28. The zero-order valence-electron chi connectivity index (χ0n) is 16.3. The molecule has 4 heterocycles. The fourth-order valence-corrected chi connectivity index (χ4v) is 3.79. The summed E-state index contributed by atoms with van der Waals surface area (Å²) in [5, 5.41) is 13.0. The quantitative estimate of drug-likeness (QED) is 0.828. The minimum atomic E-state index is -0.590. The van der Waals surface area contributed by atoms with Crippen LogP contribution in [-0.4, -0.2) is 59.9 Å². The largest absolute Gasteiger partial charge is 0.391 e. The fraction of sp³-hybridized carbons (Fsp3) is 0.476. The maximum Gasteiger partial charge on any atom is 0.270 e. The lowest BCUT2D eigenvalue weighted by atomic mass is 9.99. The third-order valence-corrected chi connectivity index (χ3v) is 5.49. The summed E-state index contributed by atoms with van der Waals surface area (Å²) in [6.45, 7) is 3.69. The van der Waals surface area contributed by atoms with Crippen molar-refractivity contribution < 1.29 is 14.6 Å². The van der Waals surface area contributed by atoms with Crippen molar-refractivity contribution in [3.05, 3.63) is 52.5 Å². The van der Waals surface area contributed by atoms with E-state index in [1.54, 1.807) is 0 Å². The van der Waals surface area contributed by atoms with Gasteiger partial charge >= 0.3 is 0 Å². The summed E-state index contributed by atoms with van der Waals surface area (Å²) >= 11 is 0. The molecule has 148 valence electrons. The fourth-order valence-electron chi connectivity index (χ4n) is 3.79. The molecule has 1 amide bonds. The molecule has 2 aromatic heterocycles. The molecule has 7 nitrogen and oxygen atoms in total. The van der Waals surface area contributed by atoms with Crippen molar-refractivity contribution in [2.75, 3.05) is 31.7 Å². The van der Waals surface area contributed by atoms with Gasteiger partial charge in [0.25, 0.3) is 5.91 Å². The van der Waals surface area contributed by atoms with Gasteiger partial charge in [-0.05, 0) is 49.4 Å². The number of nitrogens with one attached hydrogen (secondary N) is 1. The number of ether oxygens (including phenoxy) is 1. The van der Waals surface area contributed by atoms with E-state index in [1.807, 2.05) is 32.3 Å². The predicted octanol–water partition coefficient (Wildman–Crippen LogP) is 1.25. The number of nitrogens with zero attached hydrogens (tertiary/aromatic N) is 3. The number of aromatic nitrogens is 2. The van der Waals surface area contributed by atoms with E-state index in [0.717, 1.165) is 35.6 Å². The summed E-state index contributed by atoms with van der Waals surface area (Å²) in [7, 11) is 2.00. The van der Waals surface area contributed by atoms with Crippen molar-refractivity contribution in [3.63, 3.8) is 0 Å². The highest BCUT2D eigenvalue weighted by atomic mass is 16.5. The molecule has 2 aliphatic heterocycles. The van der Waals surface area contributed by atoms with Crippen LogP contribution in [0.4, 0.5) is 5.82 Å². The number of hydrogen-bond acceptors (Lipinski definition) is 6. The summed E-state index contributed by atoms with van der Waals surface area (Å²) in [4.78, 5) is 23.9. The smallest absolute Gasteiger partial charge is 0.270 e. The minimum Gasteiger partial charge on any atom is -0.391 e. The Morgan fingerprint density at radius 3 is 3.04 bits per heavy atom. The number of aliphatic hydroxyl groups excluding tert-OH is 1. The molecule has 1 fully saturated rings. The van der Waals surface area contributed by atoms with E-state index in [2.05, 4.69) is 26.3 Å². The Morgan fingerprint density at radius 2 is 2.29 bits per heavy atom. The number of hydrogen-bond donors (Lipinski definition) is 2. The average Bonchev–Trinajstić information content (AvgIpc) is 3.07. The monoisotopic (exact) mass is 382 g/mol. The average molecular weight is 382 g/mol. The van der Waals surface area contributed by atoms with E-state index >= 15 is 0 Å². The molecule has 0 radical (unpaired) electrons. The van der Waals surface area contributed by atoms with E-state index in [0.29, 0.717) is 31.7 Å². The number of likely N-dealkylation sites (N-methyl/N-ethyl adjacent to an activating group) is 1. The lowest BCUT2D eigenvalue weighted by Crippen LogP contribution is -2.49. The molecular weight excluding hydrogens is 356 g/mol. The number of rotatable bonds is 4. The summed E-state index contributed by atoms with van der Waals surface area (Å²) in [5.41, 5.74) is 4.76. The Hall–Kier alpha value is -2.51. The molecule has 7 heteroatoms. The van der Waals surface area contributed by atoms with Crippen LogP contribution >= 0.6 is 0 Å². The molecular formula is C21H26N4O3. The molecule has 0 aromatic carbocycles. The highest BCUT2D eigenvalue weighted by Gasteiger charge is 2.28. The number of amides is 1. The van der Waals surface area contributed by atoms with Crippen LogP contribution in [0.1, 0.15) is 39.3 Å². The molecule has 2 aromatic rings. The standard InChI is InChI=1S/C21H26N4O3/c1-13-3-4-14(11-22-13)9-15-10-17(23-20-16(15)5-7-25(20)2)21(27)24-18-12-28-8-6-19(18)26/h3-4,10-11,18-19,26H,5-9,12H2,1-2H3,(H,24,27)/t18-,19-/m0/s1. The van der Waals surface area contributed by atoms with Gasteiger partial charge in [-0.15, -0.1) is 0 Å². The van der Waals surface area contributed by atoms with Crippen molar-refractivity contribution in [2.45, 2.75) is 38.3 Å². The van der Waals surface area contributed by atoms with Gasteiger partial charge in [0.05, 0.1) is 18.8 Å². The van der Waals surface area contributed by atoms with Crippen LogP contribution < -0.4 is 10.2 Å². The van der Waals surface area contributed by atoms with Crippen LogP contribution in [0.15, 0.2) is 24.4 Å². The molecule has 0 spiro atoms.